The second-order valence-electron chi connectivity index (χ2n) is 4.86. The Morgan fingerprint density at radius 3 is 2.42 bits per heavy atom. The van der Waals surface area contributed by atoms with Crippen molar-refractivity contribution < 1.29 is 23.8 Å². The molecule has 0 spiro atoms. The Morgan fingerprint density at radius 2 is 1.79 bits per heavy atom. The van der Waals surface area contributed by atoms with Gasteiger partial charge < -0.3 is 14.2 Å². The van der Waals surface area contributed by atoms with Gasteiger partial charge in [-0.15, -0.1) is 0 Å². The van der Waals surface area contributed by atoms with Crippen LogP contribution in [0.1, 0.15) is 15.9 Å². The van der Waals surface area contributed by atoms with Crippen LogP contribution < -0.4 is 9.47 Å². The maximum Gasteiger partial charge on any atom is 0.337 e. The van der Waals surface area contributed by atoms with Gasteiger partial charge in [0, 0.05) is 0 Å². The van der Waals surface area contributed by atoms with Crippen molar-refractivity contribution in [3.8, 4) is 11.5 Å². The number of hydrogen-bond acceptors (Lipinski definition) is 5. The van der Waals surface area contributed by atoms with Crippen molar-refractivity contribution in [1.29, 1.82) is 0 Å². The van der Waals surface area contributed by atoms with Gasteiger partial charge in [0.1, 0.15) is 6.61 Å². The zero-order valence-electron chi connectivity index (χ0n) is 13.5. The van der Waals surface area contributed by atoms with Crippen molar-refractivity contribution in [3.63, 3.8) is 0 Å². The molecule has 0 aliphatic carbocycles. The Labute approximate surface area is 140 Å². The van der Waals surface area contributed by atoms with Crippen LogP contribution in [0, 0.1) is 0 Å². The van der Waals surface area contributed by atoms with E-state index in [-0.39, 0.29) is 12.4 Å². The lowest BCUT2D eigenvalue weighted by Gasteiger charge is -2.13. The number of benzene rings is 2. The van der Waals surface area contributed by atoms with E-state index in [1.165, 1.54) is 14.2 Å². The van der Waals surface area contributed by atoms with E-state index in [9.17, 15) is 9.59 Å². The molecule has 0 heterocycles. The summed E-state index contributed by atoms with van der Waals surface area (Å²) >= 11 is 0. The first-order valence-electron chi connectivity index (χ1n) is 7.28. The van der Waals surface area contributed by atoms with Gasteiger partial charge in [0.2, 0.25) is 0 Å². The molecule has 0 unspecified atom stereocenters. The quantitative estimate of drug-likeness (QED) is 0.444. The highest BCUT2D eigenvalue weighted by molar-refractivity contribution is 5.94. The van der Waals surface area contributed by atoms with Crippen molar-refractivity contribution in [2.75, 3.05) is 20.8 Å². The molecule has 0 atom stereocenters. The number of hydrogen-bond donors (Lipinski definition) is 0. The molecule has 0 saturated carbocycles. The molecule has 0 radical (unpaired) electrons. The van der Waals surface area contributed by atoms with E-state index in [2.05, 4.69) is 0 Å². The van der Waals surface area contributed by atoms with E-state index < -0.39 is 5.97 Å². The lowest BCUT2D eigenvalue weighted by Crippen LogP contribution is -2.13. The minimum Gasteiger partial charge on any atom is -0.493 e. The number of methoxy groups -OCH3 is 2. The molecule has 124 valence electrons. The molecule has 2 aromatic rings. The molecule has 5 heteroatoms. The summed E-state index contributed by atoms with van der Waals surface area (Å²) in [6.45, 7) is -0.0528. The van der Waals surface area contributed by atoms with Gasteiger partial charge in [-0.25, -0.2) is 4.79 Å². The minimum absolute atomic E-state index is 0.0528. The first-order valence-corrected chi connectivity index (χ1v) is 7.28. The van der Waals surface area contributed by atoms with Crippen LogP contribution >= 0.6 is 0 Å². The van der Waals surface area contributed by atoms with Crippen LogP contribution in [0.5, 0.6) is 11.5 Å². The molecule has 0 aromatic heterocycles. The van der Waals surface area contributed by atoms with Crippen LogP contribution in [0.15, 0.2) is 54.1 Å². The maximum absolute atomic E-state index is 12.0. The summed E-state index contributed by atoms with van der Waals surface area (Å²) in [7, 11) is 2.79. The third-order valence-electron chi connectivity index (χ3n) is 3.32. The molecule has 0 fully saturated rings. The van der Waals surface area contributed by atoms with E-state index in [0.29, 0.717) is 23.2 Å². The Balaban J connectivity index is 2.28. The standard InChI is InChI=1S/C19H18O5/c1-22-17-10-6-9-15(12-20)18(17)24-13-16(19(21)23-2)11-14-7-4-3-5-8-14/h3-12H,13H2,1-2H3. The molecule has 5 nitrogen and oxygen atoms in total. The fourth-order valence-electron chi connectivity index (χ4n) is 2.13. The normalized spacial score (nSPS) is 10.8. The van der Waals surface area contributed by atoms with Crippen molar-refractivity contribution in [2.24, 2.45) is 0 Å². The van der Waals surface area contributed by atoms with Crippen LogP contribution in [-0.2, 0) is 9.53 Å². The predicted octanol–water partition coefficient (Wildman–Crippen LogP) is 3.14. The lowest BCUT2D eigenvalue weighted by molar-refractivity contribution is -0.136. The summed E-state index contributed by atoms with van der Waals surface area (Å²) in [4.78, 5) is 23.2. The molecule has 0 saturated heterocycles. The number of esters is 1. The number of para-hydroxylation sites is 1. The molecule has 0 aliphatic rings. The summed E-state index contributed by atoms with van der Waals surface area (Å²) in [5, 5.41) is 0. The molecule has 0 N–H and O–H groups in total. The molecular formula is C19H18O5. The van der Waals surface area contributed by atoms with E-state index in [4.69, 9.17) is 14.2 Å². The molecule has 0 aliphatic heterocycles. The number of carbonyl (C=O) groups is 2. The van der Waals surface area contributed by atoms with Gasteiger partial charge in [-0.3, -0.25) is 4.79 Å². The Morgan fingerprint density at radius 1 is 1.04 bits per heavy atom. The fraction of sp³-hybridized carbons (Fsp3) is 0.158. The smallest absolute Gasteiger partial charge is 0.337 e. The van der Waals surface area contributed by atoms with Gasteiger partial charge >= 0.3 is 5.97 Å². The third-order valence-corrected chi connectivity index (χ3v) is 3.32. The maximum atomic E-state index is 12.0. The van der Waals surface area contributed by atoms with Crippen LogP contribution in [0.3, 0.4) is 0 Å². The van der Waals surface area contributed by atoms with Crippen LogP contribution in [0.4, 0.5) is 0 Å². The first kappa shape index (κ1) is 17.3. The van der Waals surface area contributed by atoms with Gasteiger partial charge in [0.05, 0.1) is 25.4 Å². The third kappa shape index (κ3) is 4.23. The second kappa shape index (κ2) is 8.53. The largest absolute Gasteiger partial charge is 0.493 e. The van der Waals surface area contributed by atoms with E-state index >= 15 is 0 Å². The average molecular weight is 326 g/mol. The van der Waals surface area contributed by atoms with Gasteiger partial charge in [-0.2, -0.15) is 0 Å². The highest BCUT2D eigenvalue weighted by atomic mass is 16.5. The number of carbonyl (C=O) groups excluding carboxylic acids is 2. The highest BCUT2D eigenvalue weighted by Gasteiger charge is 2.15. The fourth-order valence-corrected chi connectivity index (χ4v) is 2.13. The highest BCUT2D eigenvalue weighted by Crippen LogP contribution is 2.30. The van der Waals surface area contributed by atoms with Crippen molar-refractivity contribution in [2.45, 2.75) is 0 Å². The summed E-state index contributed by atoms with van der Waals surface area (Å²) < 4.78 is 15.7. The van der Waals surface area contributed by atoms with Gasteiger partial charge in [0.25, 0.3) is 0 Å². The average Bonchev–Trinajstić information content (AvgIpc) is 2.64. The summed E-state index contributed by atoms with van der Waals surface area (Å²) in [6, 6.07) is 14.3. The molecule has 2 rings (SSSR count). The van der Waals surface area contributed by atoms with E-state index in [1.54, 1.807) is 24.3 Å². The summed E-state index contributed by atoms with van der Waals surface area (Å²) in [5.41, 5.74) is 1.52. The SMILES string of the molecule is COC(=O)C(=Cc1ccccc1)COc1c(C=O)cccc1OC. The van der Waals surface area contributed by atoms with E-state index in [0.717, 1.165) is 5.56 Å². The van der Waals surface area contributed by atoms with Crippen molar-refractivity contribution in [1.82, 2.24) is 0 Å². The monoisotopic (exact) mass is 326 g/mol. The minimum atomic E-state index is -0.499. The van der Waals surface area contributed by atoms with Crippen LogP contribution in [0.25, 0.3) is 6.08 Å². The van der Waals surface area contributed by atoms with Crippen molar-refractivity contribution >= 4 is 18.3 Å². The molecule has 0 amide bonds. The second-order valence-corrected chi connectivity index (χ2v) is 4.86. The topological polar surface area (TPSA) is 61.8 Å². The van der Waals surface area contributed by atoms with Crippen molar-refractivity contribution in [3.05, 3.63) is 65.2 Å². The molecular weight excluding hydrogens is 308 g/mol. The number of ether oxygens (including phenoxy) is 3. The first-order chi connectivity index (χ1) is 11.7. The predicted molar refractivity (Wildman–Crippen MR) is 90.3 cm³/mol. The van der Waals surface area contributed by atoms with E-state index in [1.807, 2.05) is 30.3 Å². The molecule has 2 aromatic carbocycles. The Hall–Kier alpha value is -3.08. The number of rotatable bonds is 7. The lowest BCUT2D eigenvalue weighted by atomic mass is 10.1. The summed E-state index contributed by atoms with van der Waals surface area (Å²) in [6.07, 6.45) is 2.36. The zero-order valence-corrected chi connectivity index (χ0v) is 13.5. The van der Waals surface area contributed by atoms with Gasteiger partial charge in [-0.1, -0.05) is 36.4 Å². The van der Waals surface area contributed by atoms with Crippen LogP contribution in [0.2, 0.25) is 0 Å². The zero-order chi connectivity index (χ0) is 17.4. The molecule has 0 bridgehead atoms. The van der Waals surface area contributed by atoms with Gasteiger partial charge in [-0.05, 0) is 23.8 Å². The number of aldehydes is 1. The molecule has 24 heavy (non-hydrogen) atoms. The Kier molecular flexibility index (Phi) is 6.14. The Bertz CT molecular complexity index is 735. The van der Waals surface area contributed by atoms with Crippen LogP contribution in [-0.4, -0.2) is 33.1 Å². The van der Waals surface area contributed by atoms with Gasteiger partial charge in [0.15, 0.2) is 17.8 Å². The summed E-state index contributed by atoms with van der Waals surface area (Å²) in [5.74, 6) is 0.211.